The lowest BCUT2D eigenvalue weighted by Gasteiger charge is -2.18. The van der Waals surface area contributed by atoms with Gasteiger partial charge in [0.15, 0.2) is 5.11 Å². The average Bonchev–Trinajstić information content (AvgIpc) is 3.33. The Morgan fingerprint density at radius 3 is 2.73 bits per heavy atom. The molecule has 1 aromatic carbocycles. The van der Waals surface area contributed by atoms with Crippen molar-refractivity contribution in [3.8, 4) is 0 Å². The van der Waals surface area contributed by atoms with Gasteiger partial charge in [-0.1, -0.05) is 0 Å². The predicted octanol–water partition coefficient (Wildman–Crippen LogP) is 2.59. The number of benzene rings is 1. The maximum atomic E-state index is 12.3. The fourth-order valence-corrected chi connectivity index (χ4v) is 3.00. The fraction of sp³-hybridized carbons (Fsp3) is 0.294. The van der Waals surface area contributed by atoms with Gasteiger partial charge in [0, 0.05) is 24.7 Å². The van der Waals surface area contributed by atoms with Crippen LogP contribution in [0, 0.1) is 10.1 Å². The van der Waals surface area contributed by atoms with Crippen LogP contribution < -0.4 is 15.5 Å². The predicted molar refractivity (Wildman–Crippen MR) is 100 cm³/mol. The number of rotatable bonds is 5. The van der Waals surface area contributed by atoms with Crippen LogP contribution in [-0.2, 0) is 6.54 Å². The molecule has 2 N–H and O–H groups in total. The van der Waals surface area contributed by atoms with Crippen LogP contribution in [0.3, 0.4) is 0 Å². The molecule has 26 heavy (non-hydrogen) atoms. The third kappa shape index (κ3) is 4.17. The Balaban J connectivity index is 1.67. The Kier molecular flexibility index (Phi) is 5.47. The van der Waals surface area contributed by atoms with Crippen molar-refractivity contribution in [3.63, 3.8) is 0 Å². The maximum absolute atomic E-state index is 12.3. The summed E-state index contributed by atoms with van der Waals surface area (Å²) in [6, 6.07) is 8.01. The van der Waals surface area contributed by atoms with Gasteiger partial charge >= 0.3 is 0 Å². The van der Waals surface area contributed by atoms with E-state index < -0.39 is 10.8 Å². The molecule has 2 aromatic rings. The van der Waals surface area contributed by atoms with Crippen LogP contribution in [0.15, 0.2) is 41.0 Å². The highest BCUT2D eigenvalue weighted by Crippen LogP contribution is 2.31. The zero-order chi connectivity index (χ0) is 18.5. The van der Waals surface area contributed by atoms with Gasteiger partial charge in [-0.15, -0.1) is 0 Å². The number of hydrogen-bond donors (Lipinski definition) is 2. The molecule has 1 aromatic heterocycles. The van der Waals surface area contributed by atoms with Gasteiger partial charge in [-0.2, -0.15) is 0 Å². The summed E-state index contributed by atoms with van der Waals surface area (Å²) in [4.78, 5) is 25.2. The number of thiocarbonyl (C=S) groups is 1. The molecular formula is C17H18N4O4S. The van der Waals surface area contributed by atoms with Crippen molar-refractivity contribution in [1.29, 1.82) is 0 Å². The molecule has 2 heterocycles. The zero-order valence-electron chi connectivity index (χ0n) is 13.9. The number of carbonyl (C=O) groups excluding carboxylic acids is 1. The first kappa shape index (κ1) is 17.9. The van der Waals surface area contributed by atoms with Crippen LogP contribution in [0.4, 0.5) is 11.4 Å². The van der Waals surface area contributed by atoms with Gasteiger partial charge in [0.25, 0.3) is 11.6 Å². The molecule has 8 nitrogen and oxygen atoms in total. The maximum Gasteiger partial charge on any atom is 0.293 e. The van der Waals surface area contributed by atoms with E-state index in [2.05, 4.69) is 10.6 Å². The number of nitrogens with one attached hydrogen (secondary N) is 2. The molecule has 0 aliphatic carbocycles. The Hall–Kier alpha value is -2.94. The van der Waals surface area contributed by atoms with Crippen LogP contribution in [0.2, 0.25) is 0 Å². The first-order valence-electron chi connectivity index (χ1n) is 8.19. The summed E-state index contributed by atoms with van der Waals surface area (Å²) >= 11 is 5.07. The Labute approximate surface area is 155 Å². The summed E-state index contributed by atoms with van der Waals surface area (Å²) < 4.78 is 5.16. The molecule has 136 valence electrons. The van der Waals surface area contributed by atoms with E-state index in [9.17, 15) is 14.9 Å². The lowest BCUT2D eigenvalue weighted by Crippen LogP contribution is -2.38. The van der Waals surface area contributed by atoms with Crippen LogP contribution in [0.1, 0.15) is 29.0 Å². The second-order valence-electron chi connectivity index (χ2n) is 5.87. The van der Waals surface area contributed by atoms with E-state index in [4.69, 9.17) is 16.6 Å². The molecule has 0 unspecified atom stereocenters. The molecule has 9 heteroatoms. The van der Waals surface area contributed by atoms with Crippen LogP contribution in [0.5, 0.6) is 0 Å². The van der Waals surface area contributed by atoms with Crippen molar-refractivity contribution < 1.29 is 14.1 Å². The molecule has 1 fully saturated rings. The third-order valence-corrected chi connectivity index (χ3v) is 4.36. The van der Waals surface area contributed by atoms with Gasteiger partial charge < -0.3 is 14.6 Å². The number of nitro groups is 1. The van der Waals surface area contributed by atoms with Gasteiger partial charge in [0.1, 0.15) is 11.4 Å². The lowest BCUT2D eigenvalue weighted by atomic mass is 10.1. The summed E-state index contributed by atoms with van der Waals surface area (Å²) in [7, 11) is 0. The first-order valence-corrected chi connectivity index (χ1v) is 8.60. The minimum atomic E-state index is -0.502. The van der Waals surface area contributed by atoms with E-state index in [-0.39, 0.29) is 16.4 Å². The van der Waals surface area contributed by atoms with Crippen molar-refractivity contribution in [3.05, 3.63) is 58.0 Å². The van der Waals surface area contributed by atoms with Gasteiger partial charge in [0.05, 0.1) is 17.7 Å². The van der Waals surface area contributed by atoms with Crippen LogP contribution in [0.25, 0.3) is 0 Å². The van der Waals surface area contributed by atoms with Crippen LogP contribution in [-0.4, -0.2) is 29.0 Å². The highest BCUT2D eigenvalue weighted by molar-refractivity contribution is 7.80. The van der Waals surface area contributed by atoms with E-state index in [1.54, 1.807) is 30.5 Å². The van der Waals surface area contributed by atoms with Crippen molar-refractivity contribution in [2.45, 2.75) is 19.4 Å². The summed E-state index contributed by atoms with van der Waals surface area (Å²) in [5.41, 5.74) is 0.651. The van der Waals surface area contributed by atoms with Crippen LogP contribution >= 0.6 is 12.2 Å². The second-order valence-corrected chi connectivity index (χ2v) is 6.28. The van der Waals surface area contributed by atoms with Crippen molar-refractivity contribution in [1.82, 2.24) is 10.6 Å². The summed E-state index contributed by atoms with van der Waals surface area (Å²) in [6.45, 7) is 1.90. The van der Waals surface area contributed by atoms with E-state index >= 15 is 0 Å². The van der Waals surface area contributed by atoms with Gasteiger partial charge in [0.2, 0.25) is 0 Å². The molecule has 1 saturated heterocycles. The van der Waals surface area contributed by atoms with Gasteiger partial charge in [-0.25, -0.2) is 0 Å². The molecule has 0 atom stereocenters. The molecule has 0 radical (unpaired) electrons. The van der Waals surface area contributed by atoms with Crippen molar-refractivity contribution in [2.75, 3.05) is 18.0 Å². The fourth-order valence-electron chi connectivity index (χ4n) is 2.84. The highest BCUT2D eigenvalue weighted by Gasteiger charge is 2.24. The van der Waals surface area contributed by atoms with E-state index in [0.29, 0.717) is 18.0 Å². The number of anilines is 1. The number of furan rings is 1. The molecular weight excluding hydrogens is 356 g/mol. The van der Waals surface area contributed by atoms with Gasteiger partial charge in [-0.05, 0) is 49.3 Å². The number of hydrogen-bond acceptors (Lipinski definition) is 6. The molecule has 0 bridgehead atoms. The zero-order valence-corrected chi connectivity index (χ0v) is 14.8. The minimum Gasteiger partial charge on any atom is -0.467 e. The summed E-state index contributed by atoms with van der Waals surface area (Å²) in [5, 5.41) is 16.9. The highest BCUT2D eigenvalue weighted by atomic mass is 32.1. The lowest BCUT2D eigenvalue weighted by molar-refractivity contribution is -0.384. The SMILES string of the molecule is O=C(NC(=S)NCc1ccco1)c1ccc(N2CCCC2)c([N+](=O)[O-])c1. The molecule has 1 aliphatic rings. The number of carbonyl (C=O) groups is 1. The van der Waals surface area contributed by atoms with E-state index in [1.165, 1.54) is 6.07 Å². The normalized spacial score (nSPS) is 13.5. The molecule has 3 rings (SSSR count). The first-order chi connectivity index (χ1) is 12.5. The summed E-state index contributed by atoms with van der Waals surface area (Å²) in [5.74, 6) is 0.171. The second kappa shape index (κ2) is 7.96. The van der Waals surface area contributed by atoms with Gasteiger partial charge in [-0.3, -0.25) is 20.2 Å². The molecule has 0 saturated carbocycles. The van der Waals surface area contributed by atoms with Crippen molar-refractivity contribution >= 4 is 34.6 Å². The minimum absolute atomic E-state index is 0.0750. The Bertz CT molecular complexity index is 816. The topological polar surface area (TPSA) is 101 Å². The molecule has 1 aliphatic heterocycles. The smallest absolute Gasteiger partial charge is 0.293 e. The number of nitro benzene ring substituents is 1. The number of nitrogens with zero attached hydrogens (tertiary/aromatic N) is 2. The summed E-state index contributed by atoms with van der Waals surface area (Å²) in [6.07, 6.45) is 3.56. The standard InChI is InChI=1S/C17H18N4O4S/c22-16(19-17(26)18-11-13-4-3-9-25-13)12-5-6-14(15(10-12)21(23)24)20-7-1-2-8-20/h3-6,9-10H,1-2,7-8,11H2,(H2,18,19,22,26). The molecule has 0 spiro atoms. The molecule has 1 amide bonds. The Morgan fingerprint density at radius 1 is 1.31 bits per heavy atom. The monoisotopic (exact) mass is 374 g/mol. The number of amides is 1. The van der Waals surface area contributed by atoms with Crippen molar-refractivity contribution in [2.24, 2.45) is 0 Å². The average molecular weight is 374 g/mol. The third-order valence-electron chi connectivity index (χ3n) is 4.11. The Morgan fingerprint density at radius 2 is 2.08 bits per heavy atom. The quantitative estimate of drug-likeness (QED) is 0.471. The largest absolute Gasteiger partial charge is 0.467 e. The van der Waals surface area contributed by atoms with E-state index in [0.717, 1.165) is 25.9 Å². The van der Waals surface area contributed by atoms with E-state index in [1.807, 2.05) is 4.90 Å².